The van der Waals surface area contributed by atoms with Crippen LogP contribution in [0.4, 0.5) is 0 Å². The van der Waals surface area contributed by atoms with Gasteiger partial charge in [0, 0.05) is 16.6 Å². The van der Waals surface area contributed by atoms with Crippen molar-refractivity contribution in [3.05, 3.63) is 34.9 Å². The maximum absolute atomic E-state index is 6.43. The van der Waals surface area contributed by atoms with Gasteiger partial charge in [-0.05, 0) is 57.8 Å². The summed E-state index contributed by atoms with van der Waals surface area (Å²) in [6, 6.07) is 8.10. The van der Waals surface area contributed by atoms with Gasteiger partial charge in [0.25, 0.3) is 0 Å². The van der Waals surface area contributed by atoms with Gasteiger partial charge >= 0.3 is 0 Å². The van der Waals surface area contributed by atoms with Crippen molar-refractivity contribution in [1.29, 1.82) is 0 Å². The van der Waals surface area contributed by atoms with E-state index in [0.717, 1.165) is 17.0 Å². The van der Waals surface area contributed by atoms with Gasteiger partial charge < -0.3 is 5.73 Å². The molecule has 1 aliphatic heterocycles. The van der Waals surface area contributed by atoms with Crippen LogP contribution in [-0.2, 0) is 6.42 Å². The molecule has 2 nitrogen and oxygen atoms in total. The molecule has 2 rings (SSSR count). The topological polar surface area (TPSA) is 29.3 Å². The standard InChI is InChI=1S/C15H23ClN2/c1-15(2,18-9-5-6-10-18)14(17)11-12-7-3-4-8-13(12)16/h3-4,7-8,14H,5-6,9-11,17H2,1-2H3. The first kappa shape index (κ1) is 13.9. The molecule has 0 amide bonds. The Bertz CT molecular complexity index is 397. The maximum Gasteiger partial charge on any atom is 0.0438 e. The number of benzene rings is 1. The first-order valence-electron chi connectivity index (χ1n) is 6.76. The first-order valence-corrected chi connectivity index (χ1v) is 7.13. The van der Waals surface area contributed by atoms with Crippen molar-refractivity contribution in [2.45, 2.75) is 44.7 Å². The van der Waals surface area contributed by atoms with E-state index in [-0.39, 0.29) is 11.6 Å². The van der Waals surface area contributed by atoms with Crippen molar-refractivity contribution in [3.8, 4) is 0 Å². The second-order valence-corrected chi connectivity index (χ2v) is 6.16. The SMILES string of the molecule is CC(C)(C(N)Cc1ccccc1Cl)N1CCCC1. The van der Waals surface area contributed by atoms with Crippen LogP contribution in [0, 0.1) is 0 Å². The van der Waals surface area contributed by atoms with Crippen LogP contribution >= 0.6 is 11.6 Å². The van der Waals surface area contributed by atoms with E-state index in [1.807, 2.05) is 18.2 Å². The minimum Gasteiger partial charge on any atom is -0.326 e. The third-order valence-electron chi connectivity index (χ3n) is 4.23. The molecule has 1 aliphatic rings. The van der Waals surface area contributed by atoms with E-state index in [1.165, 1.54) is 25.9 Å². The Kier molecular flexibility index (Phi) is 4.31. The van der Waals surface area contributed by atoms with Crippen molar-refractivity contribution in [1.82, 2.24) is 4.90 Å². The van der Waals surface area contributed by atoms with Gasteiger partial charge in [0.1, 0.15) is 0 Å². The molecule has 18 heavy (non-hydrogen) atoms. The number of hydrogen-bond donors (Lipinski definition) is 1. The summed E-state index contributed by atoms with van der Waals surface area (Å²) in [5, 5.41) is 0.824. The predicted octanol–water partition coefficient (Wildman–Crippen LogP) is 3.08. The molecule has 1 aromatic carbocycles. The fourth-order valence-electron chi connectivity index (χ4n) is 2.68. The smallest absolute Gasteiger partial charge is 0.0438 e. The molecule has 1 heterocycles. The van der Waals surface area contributed by atoms with Gasteiger partial charge in [0.15, 0.2) is 0 Å². The van der Waals surface area contributed by atoms with Crippen LogP contribution in [0.15, 0.2) is 24.3 Å². The fourth-order valence-corrected chi connectivity index (χ4v) is 2.89. The van der Waals surface area contributed by atoms with Crippen LogP contribution < -0.4 is 5.73 Å². The average molecular weight is 267 g/mol. The van der Waals surface area contributed by atoms with Crippen LogP contribution in [0.5, 0.6) is 0 Å². The van der Waals surface area contributed by atoms with Crippen molar-refractivity contribution in [2.75, 3.05) is 13.1 Å². The molecular formula is C15H23ClN2. The lowest BCUT2D eigenvalue weighted by Crippen LogP contribution is -2.55. The highest BCUT2D eigenvalue weighted by Crippen LogP contribution is 2.26. The molecule has 1 saturated heterocycles. The van der Waals surface area contributed by atoms with Gasteiger partial charge in [-0.1, -0.05) is 29.8 Å². The van der Waals surface area contributed by atoms with E-state index in [1.54, 1.807) is 0 Å². The molecule has 0 aliphatic carbocycles. The second-order valence-electron chi connectivity index (χ2n) is 5.75. The van der Waals surface area contributed by atoms with Crippen molar-refractivity contribution in [2.24, 2.45) is 5.73 Å². The zero-order chi connectivity index (χ0) is 13.2. The molecule has 1 fully saturated rings. The van der Waals surface area contributed by atoms with Crippen molar-refractivity contribution in [3.63, 3.8) is 0 Å². The van der Waals surface area contributed by atoms with Crippen LogP contribution in [-0.4, -0.2) is 29.6 Å². The molecule has 1 aromatic rings. The summed E-state index contributed by atoms with van der Waals surface area (Å²) in [5.74, 6) is 0. The molecule has 0 radical (unpaired) electrons. The summed E-state index contributed by atoms with van der Waals surface area (Å²) in [4.78, 5) is 2.51. The summed E-state index contributed by atoms with van der Waals surface area (Å²) in [7, 11) is 0. The molecule has 0 aromatic heterocycles. The lowest BCUT2D eigenvalue weighted by atomic mass is 9.88. The molecule has 1 atom stereocenters. The summed E-state index contributed by atoms with van der Waals surface area (Å²) < 4.78 is 0. The minimum absolute atomic E-state index is 0.0374. The molecule has 0 bridgehead atoms. The summed E-state index contributed by atoms with van der Waals surface area (Å²) in [6.45, 7) is 6.84. The summed E-state index contributed by atoms with van der Waals surface area (Å²) >= 11 is 6.21. The largest absolute Gasteiger partial charge is 0.326 e. The second kappa shape index (κ2) is 5.60. The number of rotatable bonds is 4. The Balaban J connectivity index is 2.07. The molecule has 0 spiro atoms. The quantitative estimate of drug-likeness (QED) is 0.908. The third kappa shape index (κ3) is 2.87. The van der Waals surface area contributed by atoms with E-state index in [9.17, 15) is 0 Å². The molecule has 0 saturated carbocycles. The summed E-state index contributed by atoms with van der Waals surface area (Å²) in [6.07, 6.45) is 3.42. The van der Waals surface area contributed by atoms with E-state index in [4.69, 9.17) is 17.3 Å². The average Bonchev–Trinajstić information content (AvgIpc) is 2.86. The highest BCUT2D eigenvalue weighted by molar-refractivity contribution is 6.31. The number of likely N-dealkylation sites (tertiary alicyclic amines) is 1. The van der Waals surface area contributed by atoms with Crippen LogP contribution in [0.25, 0.3) is 0 Å². The Labute approximate surface area is 115 Å². The monoisotopic (exact) mass is 266 g/mol. The Morgan fingerprint density at radius 2 is 1.89 bits per heavy atom. The fraction of sp³-hybridized carbons (Fsp3) is 0.600. The van der Waals surface area contributed by atoms with Gasteiger partial charge in [-0.2, -0.15) is 0 Å². The zero-order valence-corrected chi connectivity index (χ0v) is 12.1. The van der Waals surface area contributed by atoms with E-state index >= 15 is 0 Å². The van der Waals surface area contributed by atoms with Crippen LogP contribution in [0.1, 0.15) is 32.3 Å². The molecule has 2 N–H and O–H groups in total. The normalized spacial score (nSPS) is 19.1. The Morgan fingerprint density at radius 1 is 1.28 bits per heavy atom. The van der Waals surface area contributed by atoms with Crippen LogP contribution in [0.3, 0.4) is 0 Å². The number of hydrogen-bond acceptors (Lipinski definition) is 2. The van der Waals surface area contributed by atoms with E-state index in [2.05, 4.69) is 24.8 Å². The molecular weight excluding hydrogens is 244 g/mol. The minimum atomic E-state index is 0.0374. The third-order valence-corrected chi connectivity index (χ3v) is 4.59. The zero-order valence-electron chi connectivity index (χ0n) is 11.3. The maximum atomic E-state index is 6.43. The van der Waals surface area contributed by atoms with Gasteiger partial charge in [-0.25, -0.2) is 0 Å². The van der Waals surface area contributed by atoms with Gasteiger partial charge in [-0.3, -0.25) is 4.90 Å². The Morgan fingerprint density at radius 3 is 2.50 bits per heavy atom. The molecule has 100 valence electrons. The Hall–Kier alpha value is -0.570. The summed E-state index contributed by atoms with van der Waals surface area (Å²) in [5.41, 5.74) is 7.62. The van der Waals surface area contributed by atoms with Gasteiger partial charge in [0.05, 0.1) is 0 Å². The highest BCUT2D eigenvalue weighted by atomic mass is 35.5. The first-order chi connectivity index (χ1) is 8.51. The number of nitrogens with two attached hydrogens (primary N) is 1. The lowest BCUT2D eigenvalue weighted by molar-refractivity contribution is 0.123. The van der Waals surface area contributed by atoms with E-state index < -0.39 is 0 Å². The van der Waals surface area contributed by atoms with Crippen molar-refractivity contribution < 1.29 is 0 Å². The molecule has 3 heteroatoms. The number of nitrogens with zero attached hydrogens (tertiary/aromatic N) is 1. The highest BCUT2D eigenvalue weighted by Gasteiger charge is 2.34. The van der Waals surface area contributed by atoms with Crippen LogP contribution in [0.2, 0.25) is 5.02 Å². The van der Waals surface area contributed by atoms with Gasteiger partial charge in [0.2, 0.25) is 0 Å². The van der Waals surface area contributed by atoms with Crippen molar-refractivity contribution >= 4 is 11.6 Å². The number of halogens is 1. The van der Waals surface area contributed by atoms with Gasteiger partial charge in [-0.15, -0.1) is 0 Å². The molecule has 1 unspecified atom stereocenters. The predicted molar refractivity (Wildman–Crippen MR) is 78.0 cm³/mol. The lowest BCUT2D eigenvalue weighted by Gasteiger charge is -2.40. The van der Waals surface area contributed by atoms with E-state index in [0.29, 0.717) is 0 Å².